The highest BCUT2D eigenvalue weighted by molar-refractivity contribution is 7.81. The lowest BCUT2D eigenvalue weighted by atomic mass is 9.96. The summed E-state index contributed by atoms with van der Waals surface area (Å²) in [5, 5.41) is 75.5. The molecule has 0 spiro atoms. The van der Waals surface area contributed by atoms with Gasteiger partial charge >= 0.3 is 31.2 Å². The molecule has 0 aromatic heterocycles. The molecule has 6 aliphatic heterocycles. The number of nitrogens with two attached hydrogens (primary N) is 3. The van der Waals surface area contributed by atoms with E-state index in [4.69, 9.17) is 78.6 Å². The van der Waals surface area contributed by atoms with Crippen molar-refractivity contribution in [2.75, 3.05) is 46.8 Å². The fourth-order valence-electron chi connectivity index (χ4n) is 8.26. The molecule has 416 valence electrons. The first-order valence-electron chi connectivity index (χ1n) is 21.6. The van der Waals surface area contributed by atoms with E-state index in [1.54, 1.807) is 0 Å². The fourth-order valence-corrected chi connectivity index (χ4v) is 9.18. The number of hydrogen-bond donors (Lipinski definition) is 13. The number of hydrogen-bond acceptors (Lipinski definition) is 31. The van der Waals surface area contributed by atoms with Crippen LogP contribution in [0.5, 0.6) is 0 Å². The number of methoxy groups -OCH3 is 1. The van der Waals surface area contributed by atoms with Crippen molar-refractivity contribution in [2.24, 2.45) is 17.2 Å². The summed E-state index contributed by atoms with van der Waals surface area (Å²) in [6, 6.07) is -4.27. The molecule has 0 amide bonds. The Morgan fingerprint density at radius 3 is 1.07 bits per heavy atom. The molecule has 0 radical (unpaired) electrons. The van der Waals surface area contributed by atoms with Crippen LogP contribution >= 0.6 is 0 Å². The van der Waals surface area contributed by atoms with Crippen LogP contribution in [0.2, 0.25) is 0 Å². The van der Waals surface area contributed by atoms with E-state index < -0.39 is 224 Å². The third-order valence-electron chi connectivity index (χ3n) is 12.0. The molecule has 0 saturated carbocycles. The van der Waals surface area contributed by atoms with Gasteiger partial charge in [0.1, 0.15) is 73.2 Å². The highest BCUT2D eigenvalue weighted by atomic mass is 32.3. The van der Waals surface area contributed by atoms with Crippen molar-refractivity contribution >= 4 is 31.2 Å². The summed E-state index contributed by atoms with van der Waals surface area (Å²) in [4.78, 5) is 0. The van der Waals surface area contributed by atoms with E-state index in [1.165, 1.54) is 7.11 Å². The first kappa shape index (κ1) is 59.0. The van der Waals surface area contributed by atoms with E-state index in [1.807, 2.05) is 0 Å². The van der Waals surface area contributed by atoms with Gasteiger partial charge in [-0.25, -0.2) is 12.5 Å². The second kappa shape index (κ2) is 24.8. The van der Waals surface area contributed by atoms with Gasteiger partial charge in [-0.1, -0.05) is 0 Å². The Balaban J connectivity index is 1.05. The molecule has 24 atom stereocenters. The molecule has 0 aromatic carbocycles. The fraction of sp³-hybridized carbons (Fsp3) is 1.00. The third-order valence-corrected chi connectivity index (χ3v) is 13.3. The van der Waals surface area contributed by atoms with Gasteiger partial charge in [-0.3, -0.25) is 13.7 Å². The molecule has 6 rings (SSSR count). The summed E-state index contributed by atoms with van der Waals surface area (Å²) in [6.45, 7) is -4.23. The lowest BCUT2D eigenvalue weighted by Gasteiger charge is -2.47. The van der Waals surface area contributed by atoms with E-state index in [9.17, 15) is 70.1 Å². The van der Waals surface area contributed by atoms with Gasteiger partial charge in [0.05, 0.1) is 76.1 Å². The van der Waals surface area contributed by atoms with Gasteiger partial charge in [-0.15, -0.1) is 0 Å². The van der Waals surface area contributed by atoms with Crippen molar-refractivity contribution in [3.8, 4) is 0 Å². The van der Waals surface area contributed by atoms with Crippen LogP contribution in [0.4, 0.5) is 0 Å². The molecule has 71 heavy (non-hydrogen) atoms. The van der Waals surface area contributed by atoms with Crippen molar-refractivity contribution in [3.05, 3.63) is 0 Å². The highest BCUT2D eigenvalue weighted by Crippen LogP contribution is 2.34. The Hall–Kier alpha value is -1.27. The van der Waals surface area contributed by atoms with Crippen LogP contribution in [-0.2, 0) is 101 Å². The van der Waals surface area contributed by atoms with Crippen LogP contribution in [0.25, 0.3) is 0 Å². The van der Waals surface area contributed by atoms with Crippen molar-refractivity contribution < 1.29 is 144 Å². The Labute approximate surface area is 405 Å². The second-order valence-corrected chi connectivity index (χ2v) is 20.4. The minimum Gasteiger partial charge on any atom is -0.390 e. The average molecular weight is 1100 g/mol. The largest absolute Gasteiger partial charge is 0.397 e. The minimum atomic E-state index is -5.14. The van der Waals surface area contributed by atoms with Gasteiger partial charge < -0.3 is 110 Å². The van der Waals surface area contributed by atoms with E-state index in [0.29, 0.717) is 0 Å². The standard InChI is InChI=1S/C34H61N3O31S3/c1-54-32-23(35)26(42)29(17(63-32)8-58-69(45,46)47)67-21-3-12(39)15(6-56-21)62-34-25(37)28(44)31(19(65-34)10-60-71(51,52)53)68-22-4-13(40)16(7-57-22)61-33-24(36)27(43)30(18(64-33)9-59-70(48,49)50)66-20-2-11(38)14(41)5-55-20/h11-34,38-44H,2-10,35-37H2,1H3,(H,45,46,47)(H,48,49,50)(H,51,52,53)/t11-,12-,13-,14+,15+,16+,17?,18?,19?,20-,21-,22-,23?,24?,25?,26+,27+,28+,29+,30+,31+,32-,33-,34-/m0/s1. The maximum absolute atomic E-state index is 11.6. The second-order valence-electron chi connectivity index (χ2n) is 17.1. The predicted molar refractivity (Wildman–Crippen MR) is 219 cm³/mol. The summed E-state index contributed by atoms with van der Waals surface area (Å²) in [5.41, 5.74) is 18.5. The monoisotopic (exact) mass is 1100 g/mol. The molecule has 6 unspecified atom stereocenters. The quantitative estimate of drug-likeness (QED) is 0.0504. The van der Waals surface area contributed by atoms with Gasteiger partial charge in [0, 0.05) is 26.4 Å². The van der Waals surface area contributed by atoms with Crippen LogP contribution in [0.1, 0.15) is 19.3 Å². The Kier molecular flexibility index (Phi) is 20.6. The molecule has 6 fully saturated rings. The summed E-state index contributed by atoms with van der Waals surface area (Å²) >= 11 is 0. The van der Waals surface area contributed by atoms with Crippen LogP contribution in [0.3, 0.4) is 0 Å². The zero-order valence-electron chi connectivity index (χ0n) is 37.2. The van der Waals surface area contributed by atoms with Gasteiger partial charge in [0.15, 0.2) is 37.7 Å². The van der Waals surface area contributed by atoms with Crippen molar-refractivity contribution in [2.45, 2.75) is 167 Å². The van der Waals surface area contributed by atoms with E-state index in [-0.39, 0.29) is 13.0 Å². The molecular formula is C34H61N3O31S3. The van der Waals surface area contributed by atoms with Gasteiger partial charge in [-0.05, 0) is 0 Å². The van der Waals surface area contributed by atoms with Crippen molar-refractivity contribution in [1.82, 2.24) is 0 Å². The first-order valence-corrected chi connectivity index (χ1v) is 25.7. The van der Waals surface area contributed by atoms with Crippen LogP contribution in [0.15, 0.2) is 0 Å². The van der Waals surface area contributed by atoms with Crippen molar-refractivity contribution in [1.29, 1.82) is 0 Å². The molecular weight excluding hydrogens is 1040 g/mol. The maximum Gasteiger partial charge on any atom is 0.397 e. The molecule has 0 aromatic rings. The number of aliphatic hydroxyl groups is 7. The highest BCUT2D eigenvalue weighted by Gasteiger charge is 2.52. The summed E-state index contributed by atoms with van der Waals surface area (Å²) in [7, 11) is -14.0. The molecule has 0 aliphatic carbocycles. The van der Waals surface area contributed by atoms with Crippen molar-refractivity contribution in [3.63, 3.8) is 0 Å². The Morgan fingerprint density at radius 1 is 0.451 bits per heavy atom. The molecule has 37 heteroatoms. The minimum absolute atomic E-state index is 0.276. The van der Waals surface area contributed by atoms with Gasteiger partial charge in [0.25, 0.3) is 0 Å². The third kappa shape index (κ3) is 16.1. The maximum atomic E-state index is 11.6. The SMILES string of the molecule is CO[C@H]1OC(COS(=O)(=O)O)[C@@H](O[C@H]2C[C@H](O)[C@H](O[C@H]3OC(COS(=O)(=O)O)[C@@H](O[C@H]4C[C@H](O)[C@H](O[C@H]5OC(COS(=O)(=O)O)[C@@H](O[C@H]6C[C@H](O)[C@H](O)CO6)[C@H](O)C5N)CO4)[C@H](O)C3N)CO2)[C@H](O)C1N. The normalized spacial score (nSPS) is 45.4. The molecule has 16 N–H and O–H groups in total. The topological polar surface area (TPSA) is 521 Å². The smallest absolute Gasteiger partial charge is 0.390 e. The predicted octanol–water partition coefficient (Wildman–Crippen LogP) is -9.06. The van der Waals surface area contributed by atoms with E-state index in [0.717, 1.165) is 0 Å². The zero-order valence-corrected chi connectivity index (χ0v) is 39.7. The first-order chi connectivity index (χ1) is 33.1. The lowest BCUT2D eigenvalue weighted by molar-refractivity contribution is -0.347. The summed E-state index contributed by atoms with van der Waals surface area (Å²) in [6.07, 6.45) is -32.3. The zero-order chi connectivity index (χ0) is 52.3. The van der Waals surface area contributed by atoms with Gasteiger partial charge in [0.2, 0.25) is 0 Å². The molecule has 6 heterocycles. The van der Waals surface area contributed by atoms with Gasteiger partial charge in [-0.2, -0.15) is 25.3 Å². The van der Waals surface area contributed by atoms with Crippen LogP contribution in [-0.4, -0.2) is 269 Å². The number of rotatable bonds is 20. The van der Waals surface area contributed by atoms with Crippen LogP contribution < -0.4 is 17.2 Å². The van der Waals surface area contributed by atoms with E-state index in [2.05, 4.69) is 12.5 Å². The summed E-state index contributed by atoms with van der Waals surface area (Å²) in [5.74, 6) is 0. The Bertz CT molecular complexity index is 2040. The molecule has 6 saturated heterocycles. The Morgan fingerprint density at radius 2 is 0.761 bits per heavy atom. The molecule has 34 nitrogen and oxygen atoms in total. The van der Waals surface area contributed by atoms with E-state index >= 15 is 0 Å². The average Bonchev–Trinajstić information content (AvgIpc) is 3.28. The lowest BCUT2D eigenvalue weighted by Crippen LogP contribution is -2.66. The molecule has 6 aliphatic rings. The van der Waals surface area contributed by atoms with Crippen LogP contribution in [0, 0.1) is 0 Å². The number of aliphatic hydroxyl groups excluding tert-OH is 7. The summed E-state index contributed by atoms with van der Waals surface area (Å²) < 4.78 is 178. The number of ether oxygens (including phenoxy) is 12. The molecule has 0 bridgehead atoms.